The summed E-state index contributed by atoms with van der Waals surface area (Å²) in [7, 11) is 0. The number of hydrogen-bond donors (Lipinski definition) is 2. The summed E-state index contributed by atoms with van der Waals surface area (Å²) in [5, 5.41) is 4.06. The number of nitrogens with one attached hydrogen (secondary N) is 1. The van der Waals surface area contributed by atoms with E-state index in [9.17, 15) is 0 Å². The highest BCUT2D eigenvalue weighted by Gasteiger charge is 2.31. The van der Waals surface area contributed by atoms with E-state index in [1.54, 1.807) is 0 Å². The zero-order valence-corrected chi connectivity index (χ0v) is 16.7. The molecule has 148 valence electrons. The van der Waals surface area contributed by atoms with Crippen LogP contribution in [-0.2, 0) is 4.74 Å². The van der Waals surface area contributed by atoms with Crippen molar-refractivity contribution in [1.82, 2.24) is 4.90 Å². The molecule has 0 aromatic heterocycles. The van der Waals surface area contributed by atoms with Gasteiger partial charge in [0.25, 0.3) is 0 Å². The number of anilines is 2. The van der Waals surface area contributed by atoms with E-state index in [4.69, 9.17) is 22.1 Å². The van der Waals surface area contributed by atoms with E-state index in [0.717, 1.165) is 30.4 Å². The third-order valence-corrected chi connectivity index (χ3v) is 4.61. The van der Waals surface area contributed by atoms with Crippen molar-refractivity contribution in [3.05, 3.63) is 59.6 Å². The lowest BCUT2D eigenvalue weighted by molar-refractivity contribution is 0.0671. The van der Waals surface area contributed by atoms with E-state index in [1.807, 2.05) is 59.5 Å². The van der Waals surface area contributed by atoms with Crippen molar-refractivity contribution in [3.8, 4) is 0 Å². The van der Waals surface area contributed by atoms with Crippen LogP contribution in [0.2, 0.25) is 5.02 Å². The highest BCUT2D eigenvalue weighted by atomic mass is 35.5. The number of nitrogens with zero attached hydrogens (tertiary/aromatic N) is 4. The van der Waals surface area contributed by atoms with Crippen molar-refractivity contribution in [2.24, 2.45) is 15.7 Å². The van der Waals surface area contributed by atoms with Crippen LogP contribution in [-0.4, -0.2) is 49.4 Å². The summed E-state index contributed by atoms with van der Waals surface area (Å²) in [5.41, 5.74) is 7.88. The second-order valence-corrected chi connectivity index (χ2v) is 6.67. The fraction of sp³-hybridized carbons (Fsp3) is 0.263. The molecule has 0 amide bonds. The molecule has 3 N–H and O–H groups in total. The monoisotopic (exact) mass is 420 g/mol. The number of morpholine rings is 1. The summed E-state index contributed by atoms with van der Waals surface area (Å²) in [6, 6.07) is 17.5. The van der Waals surface area contributed by atoms with Gasteiger partial charge in [-0.3, -0.25) is 4.90 Å². The first-order chi connectivity index (χ1) is 13.2. The molecule has 1 fully saturated rings. The normalized spacial score (nSPS) is 19.4. The molecule has 9 heteroatoms. The molecule has 1 saturated heterocycles. The van der Waals surface area contributed by atoms with Crippen LogP contribution in [0.4, 0.5) is 11.4 Å². The Morgan fingerprint density at radius 3 is 2.54 bits per heavy atom. The topological polar surface area (TPSA) is 78.5 Å². The first kappa shape index (κ1) is 20.3. The van der Waals surface area contributed by atoms with Crippen molar-refractivity contribution >= 4 is 47.3 Å². The van der Waals surface area contributed by atoms with Crippen LogP contribution in [0.5, 0.6) is 0 Å². The lowest BCUT2D eigenvalue weighted by atomic mass is 10.2. The van der Waals surface area contributed by atoms with E-state index in [0.29, 0.717) is 18.2 Å². The van der Waals surface area contributed by atoms with Gasteiger partial charge in [-0.15, -0.1) is 12.4 Å². The number of guanidine groups is 2. The largest absolute Gasteiger partial charge is 0.378 e. The van der Waals surface area contributed by atoms with Crippen LogP contribution in [0, 0.1) is 0 Å². The summed E-state index contributed by atoms with van der Waals surface area (Å²) < 4.78 is 5.49. The molecule has 2 aromatic rings. The van der Waals surface area contributed by atoms with Crippen LogP contribution in [0.3, 0.4) is 0 Å². The maximum Gasteiger partial charge on any atom is 0.222 e. The molecule has 4 rings (SSSR count). The standard InChI is InChI=1S/C19H21ClN6O.ClH/c20-14-5-4-6-15(13-14)22-18-23-17(21)24-19(25-9-11-27-12-10-25)26(18)16-7-2-1-3-8-16;/h1-8,13,18,22H,9-12H2,(H2,21,23);1H. The van der Waals surface area contributed by atoms with Gasteiger partial charge in [-0.1, -0.05) is 35.9 Å². The Morgan fingerprint density at radius 1 is 1.07 bits per heavy atom. The number of aliphatic imine (C=N–C) groups is 2. The zero-order valence-electron chi connectivity index (χ0n) is 15.2. The van der Waals surface area contributed by atoms with E-state index in [-0.39, 0.29) is 18.4 Å². The van der Waals surface area contributed by atoms with Crippen molar-refractivity contribution in [2.45, 2.75) is 6.29 Å². The molecule has 1 atom stereocenters. The molecule has 7 nitrogen and oxygen atoms in total. The summed E-state index contributed by atoms with van der Waals surface area (Å²) in [6.45, 7) is 2.81. The average Bonchev–Trinajstić information content (AvgIpc) is 2.69. The van der Waals surface area contributed by atoms with E-state index < -0.39 is 6.29 Å². The Balaban J connectivity index is 0.00000225. The predicted molar refractivity (Wildman–Crippen MR) is 116 cm³/mol. The lowest BCUT2D eigenvalue weighted by Crippen LogP contribution is -2.57. The van der Waals surface area contributed by atoms with Crippen molar-refractivity contribution in [2.75, 3.05) is 36.5 Å². The van der Waals surface area contributed by atoms with Crippen molar-refractivity contribution in [1.29, 1.82) is 0 Å². The SMILES string of the molecule is Cl.NC1=NC(Nc2cccc(Cl)c2)N(c2ccccc2)C(N2CCOCC2)=N1. The molecule has 2 aromatic carbocycles. The van der Waals surface area contributed by atoms with Crippen molar-refractivity contribution in [3.63, 3.8) is 0 Å². The van der Waals surface area contributed by atoms with Gasteiger partial charge in [0, 0.05) is 29.5 Å². The first-order valence-corrected chi connectivity index (χ1v) is 9.19. The van der Waals surface area contributed by atoms with Crippen LogP contribution >= 0.6 is 24.0 Å². The zero-order chi connectivity index (χ0) is 18.6. The summed E-state index contributed by atoms with van der Waals surface area (Å²) in [5.74, 6) is 1.000. The molecule has 28 heavy (non-hydrogen) atoms. The van der Waals surface area contributed by atoms with Gasteiger partial charge in [-0.2, -0.15) is 4.99 Å². The van der Waals surface area contributed by atoms with E-state index >= 15 is 0 Å². The smallest absolute Gasteiger partial charge is 0.222 e. The average molecular weight is 421 g/mol. The minimum atomic E-state index is -0.443. The fourth-order valence-corrected chi connectivity index (χ4v) is 3.32. The highest BCUT2D eigenvalue weighted by Crippen LogP contribution is 2.25. The maximum absolute atomic E-state index is 6.14. The second kappa shape index (κ2) is 9.14. The van der Waals surface area contributed by atoms with Crippen LogP contribution in [0.1, 0.15) is 0 Å². The molecule has 2 aliphatic rings. The Bertz CT molecular complexity index is 855. The Morgan fingerprint density at radius 2 is 1.82 bits per heavy atom. The minimum absolute atomic E-state index is 0. The summed E-state index contributed by atoms with van der Waals surface area (Å²) in [6.07, 6.45) is -0.443. The predicted octanol–water partition coefficient (Wildman–Crippen LogP) is 2.98. The molecule has 2 aliphatic heterocycles. The number of nitrogens with two attached hydrogens (primary N) is 1. The first-order valence-electron chi connectivity index (χ1n) is 8.82. The highest BCUT2D eigenvalue weighted by molar-refractivity contribution is 6.30. The van der Waals surface area contributed by atoms with Gasteiger partial charge in [0.1, 0.15) is 0 Å². The maximum atomic E-state index is 6.14. The molecule has 0 spiro atoms. The molecule has 0 saturated carbocycles. The van der Waals surface area contributed by atoms with Gasteiger partial charge in [-0.25, -0.2) is 4.99 Å². The molecule has 0 aliphatic carbocycles. The van der Waals surface area contributed by atoms with Gasteiger partial charge < -0.3 is 20.7 Å². The summed E-state index contributed by atoms with van der Waals surface area (Å²) in [4.78, 5) is 13.3. The quantitative estimate of drug-likeness (QED) is 0.797. The summed E-state index contributed by atoms with van der Waals surface area (Å²) >= 11 is 6.14. The molecular formula is C19H22Cl2N6O. The molecular weight excluding hydrogens is 399 g/mol. The molecule has 2 heterocycles. The van der Waals surface area contributed by atoms with E-state index in [1.165, 1.54) is 0 Å². The second-order valence-electron chi connectivity index (χ2n) is 6.23. The Labute approximate surface area is 175 Å². The van der Waals surface area contributed by atoms with Gasteiger partial charge in [-0.05, 0) is 30.3 Å². The third-order valence-electron chi connectivity index (χ3n) is 4.38. The van der Waals surface area contributed by atoms with Gasteiger partial charge in [0.2, 0.25) is 18.2 Å². The van der Waals surface area contributed by atoms with Crippen LogP contribution in [0.25, 0.3) is 0 Å². The Kier molecular flexibility index (Phi) is 6.61. The van der Waals surface area contributed by atoms with Crippen LogP contribution < -0.4 is 16.0 Å². The molecule has 0 bridgehead atoms. The van der Waals surface area contributed by atoms with Gasteiger partial charge in [0.15, 0.2) is 0 Å². The number of hydrogen-bond acceptors (Lipinski definition) is 7. The number of ether oxygens (including phenoxy) is 1. The number of halogens is 2. The fourth-order valence-electron chi connectivity index (χ4n) is 3.13. The van der Waals surface area contributed by atoms with Gasteiger partial charge >= 0.3 is 0 Å². The lowest BCUT2D eigenvalue weighted by Gasteiger charge is -2.41. The Hall–Kier alpha value is -2.48. The van der Waals surface area contributed by atoms with Crippen LogP contribution in [0.15, 0.2) is 64.6 Å². The molecule has 1 unspecified atom stereocenters. The van der Waals surface area contributed by atoms with Gasteiger partial charge in [0.05, 0.1) is 13.2 Å². The number of para-hydroxylation sites is 1. The number of rotatable bonds is 3. The molecule has 0 radical (unpaired) electrons. The minimum Gasteiger partial charge on any atom is -0.378 e. The van der Waals surface area contributed by atoms with E-state index in [2.05, 4.69) is 20.2 Å². The number of benzene rings is 2. The third kappa shape index (κ3) is 4.49. The van der Waals surface area contributed by atoms with Crippen molar-refractivity contribution < 1.29 is 4.74 Å².